The Labute approximate surface area is 243 Å². The van der Waals surface area contributed by atoms with Gasteiger partial charge in [0.25, 0.3) is 5.69 Å². The number of non-ortho nitro benzene ring substituents is 1. The first-order valence-electron chi connectivity index (χ1n) is 13.8. The third-order valence-electron chi connectivity index (χ3n) is 7.20. The molecule has 42 heavy (non-hydrogen) atoms. The Hall–Kier alpha value is -5.25. The van der Waals surface area contributed by atoms with Crippen LogP contribution in [0.3, 0.4) is 0 Å². The summed E-state index contributed by atoms with van der Waals surface area (Å²) in [4.78, 5) is 49.8. The molecular formula is C32H30N6O4. The van der Waals surface area contributed by atoms with Gasteiger partial charge in [-0.15, -0.1) is 0 Å². The molecule has 5 rings (SSSR count). The largest absolute Gasteiger partial charge is 0.326 e. The fourth-order valence-corrected chi connectivity index (χ4v) is 5.03. The molecule has 0 radical (unpaired) electrons. The van der Waals surface area contributed by atoms with Crippen molar-refractivity contribution in [1.82, 2.24) is 9.97 Å². The van der Waals surface area contributed by atoms with Crippen LogP contribution >= 0.6 is 0 Å². The number of amides is 2. The number of aliphatic imine (C=N–C) groups is 1. The maximum Gasteiger partial charge on any atom is 0.271 e. The molecule has 0 saturated heterocycles. The molecule has 2 heterocycles. The highest BCUT2D eigenvalue weighted by Gasteiger charge is 2.28. The number of aromatic nitrogens is 2. The van der Waals surface area contributed by atoms with E-state index in [2.05, 4.69) is 46.6 Å². The van der Waals surface area contributed by atoms with E-state index >= 15 is 0 Å². The van der Waals surface area contributed by atoms with Crippen molar-refractivity contribution < 1.29 is 14.5 Å². The molecule has 1 aromatic heterocycles. The van der Waals surface area contributed by atoms with Crippen molar-refractivity contribution in [2.75, 3.05) is 10.6 Å². The molecule has 2 amide bonds. The number of nitro benzene ring substituents is 1. The average Bonchev–Trinajstić information content (AvgIpc) is 3.13. The van der Waals surface area contributed by atoms with E-state index in [-0.39, 0.29) is 23.9 Å². The number of benzene rings is 3. The predicted molar refractivity (Wildman–Crippen MR) is 161 cm³/mol. The van der Waals surface area contributed by atoms with Crippen LogP contribution in [-0.2, 0) is 35.3 Å². The van der Waals surface area contributed by atoms with E-state index in [4.69, 9.17) is 4.99 Å². The lowest BCUT2D eigenvalue weighted by atomic mass is 9.96. The lowest BCUT2D eigenvalue weighted by molar-refractivity contribution is -0.384. The van der Waals surface area contributed by atoms with Crippen LogP contribution in [-0.4, -0.2) is 38.5 Å². The normalized spacial score (nSPS) is 14.3. The average molecular weight is 563 g/mol. The smallest absolute Gasteiger partial charge is 0.271 e. The van der Waals surface area contributed by atoms with Gasteiger partial charge in [-0.05, 0) is 53.8 Å². The second kappa shape index (κ2) is 12.5. The van der Waals surface area contributed by atoms with E-state index < -0.39 is 11.0 Å². The number of benzodiazepines with no additional fused rings is 1. The number of hydrogen-bond acceptors (Lipinski definition) is 7. The van der Waals surface area contributed by atoms with E-state index in [0.717, 1.165) is 18.4 Å². The van der Waals surface area contributed by atoms with Gasteiger partial charge in [-0.25, -0.2) is 9.97 Å². The summed E-state index contributed by atoms with van der Waals surface area (Å²) < 4.78 is 0. The third-order valence-corrected chi connectivity index (χ3v) is 7.20. The predicted octanol–water partition coefficient (Wildman–Crippen LogP) is 5.09. The van der Waals surface area contributed by atoms with Crippen LogP contribution in [0.25, 0.3) is 0 Å². The number of carbonyl (C=O) groups is 2. The minimum absolute atomic E-state index is 0.109. The monoisotopic (exact) mass is 562 g/mol. The fraction of sp³-hybridized carbons (Fsp3) is 0.219. The Morgan fingerprint density at radius 2 is 1.79 bits per heavy atom. The molecule has 2 N–H and O–H groups in total. The van der Waals surface area contributed by atoms with Gasteiger partial charge in [0.2, 0.25) is 11.8 Å². The molecule has 0 saturated carbocycles. The zero-order chi connectivity index (χ0) is 29.6. The first kappa shape index (κ1) is 28.3. The molecule has 4 aromatic rings. The van der Waals surface area contributed by atoms with Crippen molar-refractivity contribution >= 4 is 34.6 Å². The highest BCUT2D eigenvalue weighted by molar-refractivity contribution is 6.20. The van der Waals surface area contributed by atoms with E-state index in [1.807, 2.05) is 18.2 Å². The van der Waals surface area contributed by atoms with Crippen LogP contribution in [0.4, 0.5) is 17.1 Å². The van der Waals surface area contributed by atoms with Crippen molar-refractivity contribution in [2.24, 2.45) is 4.99 Å². The van der Waals surface area contributed by atoms with E-state index in [0.29, 0.717) is 40.3 Å². The molecule has 1 atom stereocenters. The summed E-state index contributed by atoms with van der Waals surface area (Å²) in [6.07, 6.45) is 5.28. The highest BCUT2D eigenvalue weighted by Crippen LogP contribution is 2.30. The van der Waals surface area contributed by atoms with Crippen LogP contribution in [0.5, 0.6) is 0 Å². The summed E-state index contributed by atoms with van der Waals surface area (Å²) >= 11 is 0. The minimum atomic E-state index is -0.754. The molecule has 1 aliphatic heterocycles. The number of nitrogens with zero attached hydrogens (tertiary/aromatic N) is 4. The molecule has 1 aliphatic rings. The zero-order valence-corrected chi connectivity index (χ0v) is 23.3. The maximum atomic E-state index is 13.4. The Bertz CT molecular complexity index is 1670. The molecule has 0 fully saturated rings. The van der Waals surface area contributed by atoms with Gasteiger partial charge in [0.05, 0.1) is 28.4 Å². The van der Waals surface area contributed by atoms with Gasteiger partial charge in [-0.1, -0.05) is 44.2 Å². The number of fused-ring (bicyclic) bond motifs is 1. The Morgan fingerprint density at radius 3 is 2.48 bits per heavy atom. The number of nitrogens with one attached hydrogen (secondary N) is 2. The quantitative estimate of drug-likeness (QED) is 0.215. The summed E-state index contributed by atoms with van der Waals surface area (Å²) in [5, 5.41) is 17.2. The molecule has 10 heteroatoms. The van der Waals surface area contributed by atoms with Crippen molar-refractivity contribution in [3.05, 3.63) is 123 Å². The topological polar surface area (TPSA) is 139 Å². The third kappa shape index (κ3) is 6.38. The maximum absolute atomic E-state index is 13.4. The molecule has 0 aliphatic carbocycles. The van der Waals surface area contributed by atoms with Crippen molar-refractivity contribution in [1.29, 1.82) is 0 Å². The van der Waals surface area contributed by atoms with Crippen molar-refractivity contribution in [3.63, 3.8) is 0 Å². The summed E-state index contributed by atoms with van der Waals surface area (Å²) in [7, 11) is 0. The van der Waals surface area contributed by atoms with Crippen LogP contribution in [0.2, 0.25) is 0 Å². The van der Waals surface area contributed by atoms with Crippen molar-refractivity contribution in [2.45, 2.75) is 45.6 Å². The first-order chi connectivity index (χ1) is 20.3. The molecule has 212 valence electrons. The van der Waals surface area contributed by atoms with Gasteiger partial charge >= 0.3 is 0 Å². The summed E-state index contributed by atoms with van der Waals surface area (Å²) in [6, 6.07) is 18.7. The highest BCUT2D eigenvalue weighted by atomic mass is 16.6. The summed E-state index contributed by atoms with van der Waals surface area (Å²) in [5.74, 6) is -0.556. The minimum Gasteiger partial charge on any atom is -0.326 e. The van der Waals surface area contributed by atoms with Crippen LogP contribution in [0, 0.1) is 10.1 Å². The van der Waals surface area contributed by atoms with Gasteiger partial charge in [0.15, 0.2) is 0 Å². The second-order valence-electron chi connectivity index (χ2n) is 9.99. The molecule has 10 nitrogen and oxygen atoms in total. The second-order valence-corrected chi connectivity index (χ2v) is 9.99. The number of anilines is 2. The van der Waals surface area contributed by atoms with E-state index in [9.17, 15) is 19.7 Å². The Balaban J connectivity index is 1.46. The van der Waals surface area contributed by atoms with Crippen LogP contribution < -0.4 is 10.6 Å². The summed E-state index contributed by atoms with van der Waals surface area (Å²) in [6.45, 7) is 4.23. The first-order valence-corrected chi connectivity index (χ1v) is 13.8. The lowest BCUT2D eigenvalue weighted by Gasteiger charge is -2.14. The number of nitro groups is 1. The zero-order valence-electron chi connectivity index (χ0n) is 23.3. The number of hydrogen-bond donors (Lipinski definition) is 2. The number of rotatable bonds is 9. The van der Waals surface area contributed by atoms with Crippen LogP contribution in [0.1, 0.15) is 47.4 Å². The lowest BCUT2D eigenvalue weighted by Crippen LogP contribution is -2.27. The van der Waals surface area contributed by atoms with Gasteiger partial charge < -0.3 is 10.6 Å². The molecule has 1 unspecified atom stereocenters. The van der Waals surface area contributed by atoms with Gasteiger partial charge in [-0.3, -0.25) is 24.7 Å². The molecule has 3 aromatic carbocycles. The fourth-order valence-electron chi connectivity index (χ4n) is 5.03. The van der Waals surface area contributed by atoms with Gasteiger partial charge in [0.1, 0.15) is 12.4 Å². The van der Waals surface area contributed by atoms with Crippen molar-refractivity contribution in [3.8, 4) is 0 Å². The molecular weight excluding hydrogens is 532 g/mol. The van der Waals surface area contributed by atoms with Gasteiger partial charge in [0, 0.05) is 41.6 Å². The number of carbonyl (C=O) groups excluding carboxylic acids is 2. The number of aryl methyl sites for hydroxylation is 2. The van der Waals surface area contributed by atoms with E-state index in [1.54, 1.807) is 30.5 Å². The van der Waals surface area contributed by atoms with Gasteiger partial charge in [-0.2, -0.15) is 0 Å². The molecule has 0 bridgehead atoms. The SMILES string of the molecule is CCc1ccc(CC2N=C(c3ccc(NC(=O)Cc4ccncn4)cc3)c3ccc([N+](=O)[O-])cc3NC2=O)cc1CC. The molecule has 0 spiro atoms. The van der Waals surface area contributed by atoms with E-state index in [1.165, 1.54) is 29.6 Å². The Kier molecular flexibility index (Phi) is 8.42. The Morgan fingerprint density at radius 1 is 1.00 bits per heavy atom. The van der Waals surface area contributed by atoms with Crippen LogP contribution in [0.15, 0.2) is 84.2 Å². The standard InChI is InChI=1S/C32H30N6O4/c1-3-21-6-5-20(15-22(21)4-2)16-29-32(40)37-28-18-26(38(41)42)11-12-27(28)31(36-29)23-7-9-24(10-8-23)35-30(39)17-25-13-14-33-19-34-25/h5-15,18-19,29H,3-4,16-17H2,1-2H3,(H,35,39)(H,37,40). The summed E-state index contributed by atoms with van der Waals surface area (Å²) in [5.41, 5.74) is 6.72.